The van der Waals surface area contributed by atoms with Crippen LogP contribution in [0.4, 0.5) is 0 Å². The summed E-state index contributed by atoms with van der Waals surface area (Å²) in [5.74, 6) is -2.00. The van der Waals surface area contributed by atoms with Crippen LogP contribution in [0.2, 0.25) is 0 Å². The predicted molar refractivity (Wildman–Crippen MR) is 66.7 cm³/mol. The Hall–Kier alpha value is -1.38. The molecule has 94 valence electrons. The number of ketones is 1. The van der Waals surface area contributed by atoms with Crippen molar-refractivity contribution in [3.05, 3.63) is 23.3 Å². The molecule has 0 bridgehead atoms. The first-order valence-electron chi connectivity index (χ1n) is 6.18. The molecule has 0 aliphatic heterocycles. The number of hydrogen-bond acceptors (Lipinski definition) is 2. The van der Waals surface area contributed by atoms with Gasteiger partial charge in [-0.25, -0.2) is 4.79 Å². The standard InChI is InChI=1S/C14H20O3/c1-4-10-7-11(5-2)9-14(6-3,8-10)12(15)13(16)17/h7-8H,4-6,9H2,1-3H3,(H,16,17). The van der Waals surface area contributed by atoms with Crippen molar-refractivity contribution < 1.29 is 14.7 Å². The molecule has 0 aromatic heterocycles. The lowest BCUT2D eigenvalue weighted by Gasteiger charge is -2.31. The van der Waals surface area contributed by atoms with Gasteiger partial charge in [0.05, 0.1) is 5.41 Å². The number of hydrogen-bond donors (Lipinski definition) is 1. The second kappa shape index (κ2) is 5.30. The van der Waals surface area contributed by atoms with Crippen LogP contribution in [0.15, 0.2) is 23.3 Å². The Bertz CT molecular complexity index is 390. The summed E-state index contributed by atoms with van der Waals surface area (Å²) >= 11 is 0. The number of Topliss-reactive ketones (excluding diaryl/α,β-unsaturated/α-hetero) is 1. The van der Waals surface area contributed by atoms with Crippen molar-refractivity contribution in [2.45, 2.75) is 46.5 Å². The van der Waals surface area contributed by atoms with Gasteiger partial charge in [-0.05, 0) is 25.7 Å². The molecule has 1 rings (SSSR count). The SMILES string of the molecule is CCC1=CC(CC)(C(=O)C(=O)O)CC(CC)=C1. The summed E-state index contributed by atoms with van der Waals surface area (Å²) in [4.78, 5) is 22.9. The van der Waals surface area contributed by atoms with Crippen LogP contribution in [-0.2, 0) is 9.59 Å². The molecule has 0 radical (unpaired) electrons. The monoisotopic (exact) mass is 236 g/mol. The van der Waals surface area contributed by atoms with Crippen LogP contribution in [0.25, 0.3) is 0 Å². The van der Waals surface area contributed by atoms with E-state index in [1.54, 1.807) is 0 Å². The molecule has 0 aromatic carbocycles. The number of carboxylic acid groups (broad SMARTS) is 1. The lowest BCUT2D eigenvalue weighted by molar-refractivity contribution is -0.153. The Morgan fingerprint density at radius 3 is 2.35 bits per heavy atom. The molecule has 0 heterocycles. The number of carbonyl (C=O) groups excluding carboxylic acids is 1. The number of rotatable bonds is 5. The Labute approximate surface area is 102 Å². The number of carboxylic acids is 1. The highest BCUT2D eigenvalue weighted by molar-refractivity contribution is 6.35. The third-order valence-corrected chi connectivity index (χ3v) is 3.53. The molecule has 1 unspecified atom stereocenters. The first kappa shape index (κ1) is 13.7. The van der Waals surface area contributed by atoms with E-state index in [0.717, 1.165) is 18.4 Å². The number of allylic oxidation sites excluding steroid dienone is 4. The predicted octanol–water partition coefficient (Wildman–Crippen LogP) is 3.11. The van der Waals surface area contributed by atoms with E-state index >= 15 is 0 Å². The van der Waals surface area contributed by atoms with E-state index in [2.05, 4.69) is 6.08 Å². The van der Waals surface area contributed by atoms with Crippen LogP contribution >= 0.6 is 0 Å². The molecule has 1 atom stereocenters. The number of carbonyl (C=O) groups is 2. The molecule has 0 saturated carbocycles. The molecule has 0 saturated heterocycles. The highest BCUT2D eigenvalue weighted by Crippen LogP contribution is 2.39. The zero-order valence-corrected chi connectivity index (χ0v) is 10.7. The van der Waals surface area contributed by atoms with Crippen molar-refractivity contribution in [2.75, 3.05) is 0 Å². The lowest BCUT2D eigenvalue weighted by Crippen LogP contribution is -2.36. The normalized spacial score (nSPS) is 23.9. The Morgan fingerprint density at radius 2 is 1.94 bits per heavy atom. The maximum Gasteiger partial charge on any atom is 0.373 e. The highest BCUT2D eigenvalue weighted by atomic mass is 16.4. The van der Waals surface area contributed by atoms with Crippen LogP contribution in [0.3, 0.4) is 0 Å². The van der Waals surface area contributed by atoms with Crippen LogP contribution in [0.5, 0.6) is 0 Å². The fourth-order valence-corrected chi connectivity index (χ4v) is 2.34. The van der Waals surface area contributed by atoms with Crippen molar-refractivity contribution in [1.29, 1.82) is 0 Å². The third kappa shape index (κ3) is 2.65. The minimum absolute atomic E-state index is 0.541. The van der Waals surface area contributed by atoms with Gasteiger partial charge in [-0.1, -0.05) is 44.1 Å². The molecule has 17 heavy (non-hydrogen) atoms. The molecule has 3 heteroatoms. The van der Waals surface area contributed by atoms with Crippen LogP contribution in [0.1, 0.15) is 46.5 Å². The zero-order valence-electron chi connectivity index (χ0n) is 10.7. The fourth-order valence-electron chi connectivity index (χ4n) is 2.34. The lowest BCUT2D eigenvalue weighted by atomic mass is 9.70. The third-order valence-electron chi connectivity index (χ3n) is 3.53. The van der Waals surface area contributed by atoms with E-state index in [9.17, 15) is 9.59 Å². The van der Waals surface area contributed by atoms with Gasteiger partial charge in [0.2, 0.25) is 5.78 Å². The van der Waals surface area contributed by atoms with Crippen molar-refractivity contribution in [3.63, 3.8) is 0 Å². The molecule has 1 aliphatic rings. The average molecular weight is 236 g/mol. The second-order valence-corrected chi connectivity index (χ2v) is 4.55. The van der Waals surface area contributed by atoms with E-state index < -0.39 is 17.2 Å². The summed E-state index contributed by atoms with van der Waals surface area (Å²) in [6, 6.07) is 0. The van der Waals surface area contributed by atoms with Crippen LogP contribution < -0.4 is 0 Å². The van der Waals surface area contributed by atoms with Gasteiger partial charge in [0.15, 0.2) is 0 Å². The zero-order chi connectivity index (χ0) is 13.1. The topological polar surface area (TPSA) is 54.4 Å². The van der Waals surface area contributed by atoms with E-state index in [4.69, 9.17) is 5.11 Å². The molecule has 3 nitrogen and oxygen atoms in total. The summed E-state index contributed by atoms with van der Waals surface area (Å²) in [7, 11) is 0. The van der Waals surface area contributed by atoms with Gasteiger partial charge in [0.1, 0.15) is 0 Å². The summed E-state index contributed by atoms with van der Waals surface area (Å²) in [6.07, 6.45) is 6.75. The molecule has 0 aromatic rings. The molecular weight excluding hydrogens is 216 g/mol. The van der Waals surface area contributed by atoms with E-state index in [1.807, 2.05) is 26.8 Å². The van der Waals surface area contributed by atoms with Crippen molar-refractivity contribution in [1.82, 2.24) is 0 Å². The van der Waals surface area contributed by atoms with Gasteiger partial charge >= 0.3 is 5.97 Å². The smallest absolute Gasteiger partial charge is 0.373 e. The molecule has 1 N–H and O–H groups in total. The van der Waals surface area contributed by atoms with Gasteiger partial charge in [-0.3, -0.25) is 4.79 Å². The van der Waals surface area contributed by atoms with Crippen LogP contribution in [-0.4, -0.2) is 16.9 Å². The van der Waals surface area contributed by atoms with Gasteiger partial charge in [-0.15, -0.1) is 0 Å². The van der Waals surface area contributed by atoms with E-state index in [-0.39, 0.29) is 0 Å². The van der Waals surface area contributed by atoms with E-state index in [0.29, 0.717) is 12.8 Å². The number of aliphatic carboxylic acids is 1. The summed E-state index contributed by atoms with van der Waals surface area (Å²) in [5.41, 5.74) is 1.42. The Morgan fingerprint density at radius 1 is 1.29 bits per heavy atom. The van der Waals surface area contributed by atoms with Crippen molar-refractivity contribution in [2.24, 2.45) is 5.41 Å². The fraction of sp³-hybridized carbons (Fsp3) is 0.571. The maximum atomic E-state index is 11.9. The first-order chi connectivity index (χ1) is 7.99. The maximum absolute atomic E-state index is 11.9. The largest absolute Gasteiger partial charge is 0.475 e. The van der Waals surface area contributed by atoms with E-state index in [1.165, 1.54) is 5.57 Å². The minimum Gasteiger partial charge on any atom is -0.475 e. The van der Waals surface area contributed by atoms with Gasteiger partial charge in [0.25, 0.3) is 0 Å². The minimum atomic E-state index is -1.32. The summed E-state index contributed by atoms with van der Waals surface area (Å²) in [6.45, 7) is 5.94. The van der Waals surface area contributed by atoms with Gasteiger partial charge in [-0.2, -0.15) is 0 Å². The Kier molecular flexibility index (Phi) is 4.27. The molecule has 0 spiro atoms. The van der Waals surface area contributed by atoms with Crippen molar-refractivity contribution >= 4 is 11.8 Å². The van der Waals surface area contributed by atoms with Gasteiger partial charge in [0, 0.05) is 0 Å². The molecular formula is C14H20O3. The quantitative estimate of drug-likeness (QED) is 0.746. The molecule has 0 amide bonds. The highest BCUT2D eigenvalue weighted by Gasteiger charge is 2.40. The summed E-state index contributed by atoms with van der Waals surface area (Å²) in [5, 5.41) is 8.95. The van der Waals surface area contributed by atoms with Crippen molar-refractivity contribution in [3.8, 4) is 0 Å². The summed E-state index contributed by atoms with van der Waals surface area (Å²) < 4.78 is 0. The first-order valence-corrected chi connectivity index (χ1v) is 6.18. The van der Waals surface area contributed by atoms with Gasteiger partial charge < -0.3 is 5.11 Å². The van der Waals surface area contributed by atoms with Crippen LogP contribution in [0, 0.1) is 5.41 Å². The second-order valence-electron chi connectivity index (χ2n) is 4.55. The Balaban J connectivity index is 3.18. The average Bonchev–Trinajstić information content (AvgIpc) is 2.36. The molecule has 1 aliphatic carbocycles. The molecule has 0 fully saturated rings.